The topological polar surface area (TPSA) is 50.1 Å². The zero-order valence-electron chi connectivity index (χ0n) is 47.9. The van der Waals surface area contributed by atoms with E-state index in [0.29, 0.717) is 17.5 Å². The van der Waals surface area contributed by atoms with E-state index in [-0.39, 0.29) is 6.71 Å². The number of rotatable bonds is 10. The normalized spacial score (nSPS) is 12.2. The van der Waals surface area contributed by atoms with E-state index in [4.69, 9.17) is 15.0 Å². The highest BCUT2D eigenvalue weighted by Gasteiger charge is 2.44. The van der Waals surface area contributed by atoms with Crippen molar-refractivity contribution in [3.05, 3.63) is 322 Å². The highest BCUT2D eigenvalue weighted by atomic mass is 15.2. The Morgan fingerprint density at radius 3 is 1.19 bits per heavy atom. The van der Waals surface area contributed by atoms with Gasteiger partial charge in [0.25, 0.3) is 6.71 Å². The van der Waals surface area contributed by atoms with Crippen LogP contribution in [0.25, 0.3) is 106 Å². The number of aromatic nitrogens is 4. The van der Waals surface area contributed by atoms with Crippen LogP contribution in [0.15, 0.2) is 322 Å². The molecule has 0 spiro atoms. The van der Waals surface area contributed by atoms with Crippen LogP contribution in [0.3, 0.4) is 0 Å². The third-order valence-corrected chi connectivity index (χ3v) is 17.6. The quantitative estimate of drug-likeness (QED) is 0.128. The smallest absolute Gasteiger partial charge is 0.252 e. The van der Waals surface area contributed by atoms with Crippen LogP contribution in [0.2, 0.25) is 0 Å². The summed E-state index contributed by atoms with van der Waals surface area (Å²) in [5, 5.41) is 2.29. The van der Waals surface area contributed by atoms with E-state index < -0.39 is 0 Å². The largest absolute Gasteiger partial charge is 0.311 e. The maximum absolute atomic E-state index is 5.47. The molecule has 0 saturated heterocycles. The molecule has 0 aliphatic carbocycles. The van der Waals surface area contributed by atoms with Gasteiger partial charge in [0.15, 0.2) is 17.5 Å². The van der Waals surface area contributed by atoms with Gasteiger partial charge in [0.2, 0.25) is 0 Å². The molecule has 0 unspecified atom stereocenters. The molecule has 2 aromatic heterocycles. The highest BCUT2D eigenvalue weighted by Crippen LogP contribution is 2.49. The van der Waals surface area contributed by atoms with Crippen LogP contribution in [-0.2, 0) is 0 Å². The summed E-state index contributed by atoms with van der Waals surface area (Å²) < 4.78 is 2.47. The molecule has 15 aromatic rings. The van der Waals surface area contributed by atoms with E-state index in [9.17, 15) is 0 Å². The lowest BCUT2D eigenvalue weighted by Gasteiger charge is -2.45. The van der Waals surface area contributed by atoms with Crippen molar-refractivity contribution in [3.63, 3.8) is 0 Å². The van der Waals surface area contributed by atoms with Crippen LogP contribution in [0, 0.1) is 0 Å². The van der Waals surface area contributed by atoms with Gasteiger partial charge in [-0.1, -0.05) is 243 Å². The molecule has 88 heavy (non-hydrogen) atoms. The second kappa shape index (κ2) is 21.1. The van der Waals surface area contributed by atoms with Crippen molar-refractivity contribution >= 4 is 79.0 Å². The Bertz CT molecular complexity index is 4990. The van der Waals surface area contributed by atoms with E-state index in [1.54, 1.807) is 0 Å². The fraction of sp³-hybridized carbons (Fsp3) is 0. The van der Waals surface area contributed by atoms with Gasteiger partial charge < -0.3 is 14.4 Å². The van der Waals surface area contributed by atoms with Gasteiger partial charge in [-0.2, -0.15) is 0 Å². The average molecular weight is 1120 g/mol. The predicted molar refractivity (Wildman–Crippen MR) is 366 cm³/mol. The molecule has 13 aromatic carbocycles. The molecule has 2 aliphatic heterocycles. The van der Waals surface area contributed by atoms with Crippen LogP contribution in [0.4, 0.5) is 34.1 Å². The fourth-order valence-electron chi connectivity index (χ4n) is 13.7. The molecule has 410 valence electrons. The van der Waals surface area contributed by atoms with Crippen LogP contribution >= 0.6 is 0 Å². The molecule has 17 rings (SSSR count). The number of para-hydroxylation sites is 5. The van der Waals surface area contributed by atoms with Crippen molar-refractivity contribution in [2.75, 3.05) is 9.80 Å². The second-order valence-electron chi connectivity index (χ2n) is 22.6. The Kier molecular flexibility index (Phi) is 12.2. The number of hydrogen-bond donors (Lipinski definition) is 0. The molecular formula is C81H53BN6. The molecule has 0 amide bonds. The molecule has 0 bridgehead atoms. The van der Waals surface area contributed by atoms with Crippen molar-refractivity contribution in [1.29, 1.82) is 0 Å². The molecule has 0 saturated carbocycles. The Morgan fingerprint density at radius 2 is 0.659 bits per heavy atom. The van der Waals surface area contributed by atoms with E-state index in [0.717, 1.165) is 117 Å². The van der Waals surface area contributed by atoms with Gasteiger partial charge in [0, 0.05) is 67.0 Å². The van der Waals surface area contributed by atoms with Gasteiger partial charge in [-0.3, -0.25) is 0 Å². The third kappa shape index (κ3) is 8.46. The minimum absolute atomic E-state index is 0.0363. The second-order valence-corrected chi connectivity index (χ2v) is 22.6. The molecule has 0 radical (unpaired) electrons. The van der Waals surface area contributed by atoms with E-state index in [1.807, 2.05) is 36.4 Å². The number of fused-ring (bicyclic) bond motifs is 7. The first-order valence-corrected chi connectivity index (χ1v) is 30.0. The predicted octanol–water partition coefficient (Wildman–Crippen LogP) is 18.7. The average Bonchev–Trinajstić information content (AvgIpc) is 0.781. The van der Waals surface area contributed by atoms with E-state index in [1.165, 1.54) is 22.1 Å². The molecule has 0 atom stereocenters. The summed E-state index contributed by atoms with van der Waals surface area (Å²) in [6, 6.07) is 116. The van der Waals surface area contributed by atoms with Crippen molar-refractivity contribution < 1.29 is 0 Å². The molecule has 0 N–H and O–H groups in total. The van der Waals surface area contributed by atoms with Gasteiger partial charge in [-0.15, -0.1) is 0 Å². The Hall–Kier alpha value is -11.7. The summed E-state index contributed by atoms with van der Waals surface area (Å²) in [6.45, 7) is -0.0363. The molecule has 4 heterocycles. The van der Waals surface area contributed by atoms with E-state index >= 15 is 0 Å². The summed E-state index contributed by atoms with van der Waals surface area (Å²) >= 11 is 0. The number of nitrogens with zero attached hydrogens (tertiary/aromatic N) is 6. The molecule has 2 aliphatic rings. The van der Waals surface area contributed by atoms with Gasteiger partial charge in [-0.25, -0.2) is 15.0 Å². The SMILES string of the molecule is c1ccc(-c2ccc3c(c2)c2cc(-c4ccccc4)ccc2n3-c2c(-c3cccc(-c4ccc5c6c4N(c4ccccc4)c4ccccc4B6c4ccccc4N5c4ccccc4)c3)cccc2-c2nc(-c3ccccc3)nc(-c3ccccc3)n2)cc1. The standard InChI is InChI=1S/C81H53BN6/c1-7-25-54(26-8-1)58-45-48-71-67(52-58)68-53-59(55-27-9-2-10-28-55)46-49-72(68)88(71)77-64(39-24-40-66(77)81-84-79(56-29-11-3-12-30-56)83-80(85-81)57-31-13-4-14-32-57)60-33-23-34-61(51-60)65-47-50-75-76-78(65)87(63-37-17-6-18-38-63)74-44-22-20-42-70(74)82(76)69-41-19-21-43-73(69)86(75)62-35-15-5-16-36-62/h1-53H. The highest BCUT2D eigenvalue weighted by molar-refractivity contribution is 7.00. The lowest BCUT2D eigenvalue weighted by Crippen LogP contribution is -2.61. The molecule has 0 fully saturated rings. The number of benzene rings is 13. The first-order valence-electron chi connectivity index (χ1n) is 30.0. The van der Waals surface area contributed by atoms with Gasteiger partial charge in [0.05, 0.1) is 22.4 Å². The summed E-state index contributed by atoms with van der Waals surface area (Å²) in [6.07, 6.45) is 0. The van der Waals surface area contributed by atoms with Gasteiger partial charge >= 0.3 is 0 Å². The first kappa shape index (κ1) is 50.8. The monoisotopic (exact) mass is 1120 g/mol. The summed E-state index contributed by atoms with van der Waals surface area (Å²) in [5.74, 6) is 1.77. The van der Waals surface area contributed by atoms with Gasteiger partial charge in [-0.05, 0) is 129 Å². The first-order chi connectivity index (χ1) is 43.7. The van der Waals surface area contributed by atoms with Crippen molar-refractivity contribution in [3.8, 4) is 84.4 Å². The summed E-state index contributed by atoms with van der Waals surface area (Å²) in [5.41, 5.74) is 25.4. The van der Waals surface area contributed by atoms with Crippen molar-refractivity contribution in [1.82, 2.24) is 19.5 Å². The summed E-state index contributed by atoms with van der Waals surface area (Å²) in [4.78, 5) is 21.1. The minimum Gasteiger partial charge on any atom is -0.311 e. The molecule has 7 heteroatoms. The van der Waals surface area contributed by atoms with Crippen LogP contribution in [0.5, 0.6) is 0 Å². The minimum atomic E-state index is -0.0363. The Labute approximate surface area is 511 Å². The van der Waals surface area contributed by atoms with Gasteiger partial charge in [0.1, 0.15) is 0 Å². The van der Waals surface area contributed by atoms with Crippen LogP contribution in [-0.4, -0.2) is 26.2 Å². The lowest BCUT2D eigenvalue weighted by molar-refractivity contribution is 1.06. The van der Waals surface area contributed by atoms with Crippen molar-refractivity contribution in [2.45, 2.75) is 0 Å². The van der Waals surface area contributed by atoms with Crippen molar-refractivity contribution in [2.24, 2.45) is 0 Å². The van der Waals surface area contributed by atoms with E-state index in [2.05, 4.69) is 299 Å². The summed E-state index contributed by atoms with van der Waals surface area (Å²) in [7, 11) is 0. The fourth-order valence-corrected chi connectivity index (χ4v) is 13.7. The zero-order valence-corrected chi connectivity index (χ0v) is 47.9. The Balaban J connectivity index is 0.946. The van der Waals surface area contributed by atoms with Crippen LogP contribution < -0.4 is 26.2 Å². The Morgan fingerprint density at radius 1 is 0.250 bits per heavy atom. The number of hydrogen-bond acceptors (Lipinski definition) is 5. The third-order valence-electron chi connectivity index (χ3n) is 17.6. The zero-order chi connectivity index (χ0) is 58.1. The van der Waals surface area contributed by atoms with Crippen LogP contribution in [0.1, 0.15) is 0 Å². The maximum atomic E-state index is 5.47. The molecule has 6 nitrogen and oxygen atoms in total. The number of anilines is 6. The lowest BCUT2D eigenvalue weighted by atomic mass is 9.33. The molecular weight excluding hydrogens is 1070 g/mol. The maximum Gasteiger partial charge on any atom is 0.252 e.